The zero-order chi connectivity index (χ0) is 12.2. The van der Waals surface area contributed by atoms with Crippen molar-refractivity contribution in [2.45, 2.75) is 29.3 Å². The molecule has 0 aromatic rings. The molecule has 1 aliphatic rings. The first-order chi connectivity index (χ1) is 7.57. The molecule has 0 radical (unpaired) electrons. The maximum absolute atomic E-state index is 10.7. The summed E-state index contributed by atoms with van der Waals surface area (Å²) in [4.78, 5) is 10.7. The van der Waals surface area contributed by atoms with E-state index in [1.54, 1.807) is 11.8 Å². The van der Waals surface area contributed by atoms with E-state index >= 15 is 0 Å². The molecule has 0 aromatic heterocycles. The largest absolute Gasteiger partial charge is 0.481 e. The summed E-state index contributed by atoms with van der Waals surface area (Å²) in [6.07, 6.45) is 5.72. The Bertz CT molecular complexity index is 291. The molecule has 1 N–H and O–H groups in total. The van der Waals surface area contributed by atoms with Gasteiger partial charge >= 0.3 is 5.97 Å². The number of rotatable bonds is 6. The summed E-state index contributed by atoms with van der Waals surface area (Å²) in [5.74, 6) is 0.273. The fraction of sp³-hybridized carbons (Fsp3) is 0.583. The van der Waals surface area contributed by atoms with Gasteiger partial charge in [0.15, 0.2) is 0 Å². The number of aliphatic carboxylic acids is 1. The summed E-state index contributed by atoms with van der Waals surface area (Å²) < 4.78 is -0.0812. The molecule has 16 heavy (non-hydrogen) atoms. The third-order valence-corrected chi connectivity index (χ3v) is 5.71. The van der Waals surface area contributed by atoms with Crippen molar-refractivity contribution in [3.05, 3.63) is 25.3 Å². The van der Waals surface area contributed by atoms with Crippen molar-refractivity contribution < 1.29 is 9.90 Å². The summed E-state index contributed by atoms with van der Waals surface area (Å²) >= 11 is 6.20. The Balaban J connectivity index is 2.78. The fourth-order valence-electron chi connectivity index (χ4n) is 2.15. The number of hydrogen-bond donors (Lipinski definition) is 2. The second kappa shape index (κ2) is 5.82. The molecule has 0 amide bonds. The first-order valence-corrected chi connectivity index (χ1v) is 6.84. The van der Waals surface area contributed by atoms with Gasteiger partial charge in [-0.2, -0.15) is 12.6 Å². The molecule has 0 aliphatic carbocycles. The highest BCUT2D eigenvalue weighted by Crippen LogP contribution is 2.51. The number of thioether (sulfide) groups is 1. The lowest BCUT2D eigenvalue weighted by Gasteiger charge is -2.31. The first-order valence-electron chi connectivity index (χ1n) is 5.33. The zero-order valence-electron chi connectivity index (χ0n) is 9.26. The van der Waals surface area contributed by atoms with Crippen molar-refractivity contribution in [3.8, 4) is 0 Å². The summed E-state index contributed by atoms with van der Waals surface area (Å²) in [6, 6.07) is 0. The summed E-state index contributed by atoms with van der Waals surface area (Å²) in [7, 11) is 0. The normalized spacial score (nSPS) is 33.6. The SMILES string of the molecule is C=CC1CC(C=C)[C@](CS)(CCC(=O)O)S1. The lowest BCUT2D eigenvalue weighted by molar-refractivity contribution is -0.137. The molecule has 90 valence electrons. The zero-order valence-corrected chi connectivity index (χ0v) is 11.0. The second-order valence-corrected chi connectivity index (χ2v) is 6.06. The highest BCUT2D eigenvalue weighted by atomic mass is 32.2. The number of thiol groups is 1. The molecule has 0 bridgehead atoms. The number of carbonyl (C=O) groups is 1. The van der Waals surface area contributed by atoms with Crippen LogP contribution in [-0.4, -0.2) is 26.8 Å². The predicted octanol–water partition coefficient (Wildman–Crippen LogP) is 3.01. The van der Waals surface area contributed by atoms with Crippen LogP contribution in [0.3, 0.4) is 0 Å². The van der Waals surface area contributed by atoms with Crippen LogP contribution in [0.25, 0.3) is 0 Å². The van der Waals surface area contributed by atoms with Gasteiger partial charge in [-0.3, -0.25) is 4.79 Å². The molecular formula is C12H18O2S2. The molecule has 1 fully saturated rings. The van der Waals surface area contributed by atoms with Gasteiger partial charge in [0.2, 0.25) is 0 Å². The van der Waals surface area contributed by atoms with Crippen molar-refractivity contribution in [2.75, 3.05) is 5.75 Å². The van der Waals surface area contributed by atoms with Crippen LogP contribution in [-0.2, 0) is 4.79 Å². The number of allylic oxidation sites excluding steroid dienone is 1. The van der Waals surface area contributed by atoms with Crippen LogP contribution in [0.5, 0.6) is 0 Å². The average molecular weight is 258 g/mol. The Morgan fingerprint density at radius 3 is 2.69 bits per heavy atom. The average Bonchev–Trinajstić information content (AvgIpc) is 2.65. The molecule has 1 aliphatic heterocycles. The van der Waals surface area contributed by atoms with Gasteiger partial charge in [-0.05, 0) is 18.8 Å². The van der Waals surface area contributed by atoms with Gasteiger partial charge in [-0.25, -0.2) is 0 Å². The molecule has 4 heteroatoms. The van der Waals surface area contributed by atoms with Gasteiger partial charge in [0.05, 0.1) is 0 Å². The summed E-state index contributed by atoms with van der Waals surface area (Å²) in [5.41, 5.74) is 0. The Hall–Kier alpha value is -0.350. The van der Waals surface area contributed by atoms with Gasteiger partial charge in [0.25, 0.3) is 0 Å². The Morgan fingerprint density at radius 2 is 2.25 bits per heavy atom. The topological polar surface area (TPSA) is 37.3 Å². The van der Waals surface area contributed by atoms with Crippen molar-refractivity contribution in [3.63, 3.8) is 0 Å². The molecule has 1 rings (SSSR count). The Labute approximate surface area is 107 Å². The van der Waals surface area contributed by atoms with Crippen LogP contribution in [0.1, 0.15) is 19.3 Å². The molecule has 3 atom stereocenters. The fourth-order valence-corrected chi connectivity index (χ4v) is 4.43. The van der Waals surface area contributed by atoms with Crippen molar-refractivity contribution in [1.82, 2.24) is 0 Å². The highest BCUT2D eigenvalue weighted by Gasteiger charge is 2.44. The van der Waals surface area contributed by atoms with Crippen molar-refractivity contribution in [2.24, 2.45) is 5.92 Å². The highest BCUT2D eigenvalue weighted by molar-refractivity contribution is 8.02. The molecule has 0 aromatic carbocycles. The van der Waals surface area contributed by atoms with Crippen LogP contribution in [0.2, 0.25) is 0 Å². The molecule has 0 spiro atoms. The van der Waals surface area contributed by atoms with Crippen LogP contribution < -0.4 is 0 Å². The van der Waals surface area contributed by atoms with Crippen LogP contribution >= 0.6 is 24.4 Å². The third kappa shape index (κ3) is 2.86. The number of carboxylic acid groups (broad SMARTS) is 1. The lowest BCUT2D eigenvalue weighted by Crippen LogP contribution is -2.32. The van der Waals surface area contributed by atoms with E-state index in [0.29, 0.717) is 23.3 Å². The van der Waals surface area contributed by atoms with Crippen molar-refractivity contribution >= 4 is 30.4 Å². The molecule has 2 unspecified atom stereocenters. The van der Waals surface area contributed by atoms with Crippen LogP contribution in [0, 0.1) is 5.92 Å². The minimum absolute atomic E-state index is 0.0812. The van der Waals surface area contributed by atoms with E-state index in [-0.39, 0.29) is 11.2 Å². The minimum Gasteiger partial charge on any atom is -0.481 e. The maximum Gasteiger partial charge on any atom is 0.303 e. The first kappa shape index (κ1) is 13.7. The van der Waals surface area contributed by atoms with E-state index in [1.165, 1.54) is 0 Å². The Kier molecular flexibility index (Phi) is 4.99. The molecule has 0 saturated carbocycles. The maximum atomic E-state index is 10.7. The van der Waals surface area contributed by atoms with E-state index in [0.717, 1.165) is 6.42 Å². The quantitative estimate of drug-likeness (QED) is 0.568. The minimum atomic E-state index is -0.744. The Morgan fingerprint density at radius 1 is 1.56 bits per heavy atom. The summed E-state index contributed by atoms with van der Waals surface area (Å²) in [5, 5.41) is 9.18. The van der Waals surface area contributed by atoms with Gasteiger partial charge < -0.3 is 5.11 Å². The van der Waals surface area contributed by atoms with Gasteiger partial charge in [-0.15, -0.1) is 24.9 Å². The standard InChI is InChI=1S/C12H18O2S2/c1-3-9-7-10(4-2)16-12(9,8-15)6-5-11(13)14/h3-4,9-10,15H,1-2,5-8H2,(H,13,14)/t9?,10?,12-/m1/s1. The molecular weight excluding hydrogens is 240 g/mol. The van der Waals surface area contributed by atoms with E-state index in [1.807, 2.05) is 12.2 Å². The number of hydrogen-bond acceptors (Lipinski definition) is 3. The van der Waals surface area contributed by atoms with Gasteiger partial charge in [-0.1, -0.05) is 12.2 Å². The molecule has 1 saturated heterocycles. The molecule has 2 nitrogen and oxygen atoms in total. The van der Waals surface area contributed by atoms with E-state index in [9.17, 15) is 4.79 Å². The van der Waals surface area contributed by atoms with Gasteiger partial charge in [0.1, 0.15) is 0 Å². The van der Waals surface area contributed by atoms with E-state index in [4.69, 9.17) is 5.11 Å². The van der Waals surface area contributed by atoms with Crippen LogP contribution in [0.15, 0.2) is 25.3 Å². The second-order valence-electron chi connectivity index (χ2n) is 4.09. The van der Waals surface area contributed by atoms with Crippen molar-refractivity contribution in [1.29, 1.82) is 0 Å². The smallest absolute Gasteiger partial charge is 0.303 e. The number of carboxylic acids is 1. The van der Waals surface area contributed by atoms with Gasteiger partial charge in [0, 0.05) is 22.2 Å². The third-order valence-electron chi connectivity index (χ3n) is 3.13. The predicted molar refractivity (Wildman–Crippen MR) is 73.3 cm³/mol. The lowest BCUT2D eigenvalue weighted by atomic mass is 9.86. The molecule has 1 heterocycles. The van der Waals surface area contributed by atoms with E-state index in [2.05, 4.69) is 25.8 Å². The monoisotopic (exact) mass is 258 g/mol. The van der Waals surface area contributed by atoms with E-state index < -0.39 is 5.97 Å². The summed E-state index contributed by atoms with van der Waals surface area (Å²) in [6.45, 7) is 7.66. The van der Waals surface area contributed by atoms with Crippen LogP contribution in [0.4, 0.5) is 0 Å².